The summed E-state index contributed by atoms with van der Waals surface area (Å²) in [5.74, 6) is -1.80. The number of piperazine rings is 1. The topological polar surface area (TPSA) is 23.6 Å². The molecule has 122 valence electrons. The van der Waals surface area contributed by atoms with Gasteiger partial charge in [0.25, 0.3) is 0 Å². The highest BCUT2D eigenvalue weighted by Crippen LogP contribution is 2.40. The van der Waals surface area contributed by atoms with Crippen molar-refractivity contribution in [3.05, 3.63) is 0 Å². The first-order valence-electron chi connectivity index (χ1n) is 7.55. The highest BCUT2D eigenvalue weighted by Gasteiger charge is 2.44. The maximum atomic E-state index is 12.8. The molecule has 1 heterocycles. The average Bonchev–Trinajstić information content (AvgIpc) is 2.47. The van der Waals surface area contributed by atoms with Crippen LogP contribution in [-0.4, -0.2) is 59.9 Å². The number of hydrogen-bond donors (Lipinski definition) is 0. The molecule has 0 aromatic rings. The molecule has 0 N–H and O–H groups in total. The Morgan fingerprint density at radius 1 is 1.14 bits per heavy atom. The van der Waals surface area contributed by atoms with Crippen LogP contribution < -0.4 is 0 Å². The van der Waals surface area contributed by atoms with Crippen molar-refractivity contribution in [3.63, 3.8) is 0 Å². The van der Waals surface area contributed by atoms with Crippen LogP contribution in [0.1, 0.15) is 25.7 Å². The van der Waals surface area contributed by atoms with E-state index in [1.165, 1.54) is 0 Å². The van der Waals surface area contributed by atoms with E-state index >= 15 is 0 Å². The van der Waals surface area contributed by atoms with Crippen LogP contribution in [0.5, 0.6) is 0 Å². The van der Waals surface area contributed by atoms with Gasteiger partial charge in [0, 0.05) is 44.0 Å². The van der Waals surface area contributed by atoms with Crippen molar-refractivity contribution < 1.29 is 18.0 Å². The maximum Gasteiger partial charge on any atom is 0.391 e. The predicted molar refractivity (Wildman–Crippen MR) is 78.3 cm³/mol. The van der Waals surface area contributed by atoms with Gasteiger partial charge in [-0.15, -0.1) is 0 Å². The zero-order chi connectivity index (χ0) is 15.5. The zero-order valence-corrected chi connectivity index (χ0v) is 13.6. The van der Waals surface area contributed by atoms with Crippen LogP contribution in [0, 0.1) is 11.8 Å². The molecular formula is C14H22BrF3N2O. The Morgan fingerprint density at radius 3 is 2.38 bits per heavy atom. The molecule has 0 spiro atoms. The van der Waals surface area contributed by atoms with Crippen LogP contribution in [0.4, 0.5) is 13.2 Å². The Balaban J connectivity index is 1.86. The molecule has 2 rings (SSSR count). The Kier molecular flexibility index (Phi) is 5.94. The third-order valence-electron chi connectivity index (χ3n) is 4.57. The van der Waals surface area contributed by atoms with Crippen LogP contribution in [0.2, 0.25) is 0 Å². The number of hydrogen-bond acceptors (Lipinski definition) is 2. The first-order valence-corrected chi connectivity index (χ1v) is 8.67. The van der Waals surface area contributed by atoms with E-state index in [9.17, 15) is 18.0 Å². The van der Waals surface area contributed by atoms with Gasteiger partial charge < -0.3 is 4.90 Å². The fourth-order valence-corrected chi connectivity index (χ4v) is 3.78. The summed E-state index contributed by atoms with van der Waals surface area (Å²) in [6.07, 6.45) is -2.90. The minimum Gasteiger partial charge on any atom is -0.340 e. The third kappa shape index (κ3) is 4.58. The normalized spacial score (nSPS) is 28.7. The molecule has 0 bridgehead atoms. The van der Waals surface area contributed by atoms with E-state index in [1.807, 2.05) is 0 Å². The molecule has 2 unspecified atom stereocenters. The molecule has 1 aliphatic heterocycles. The second-order valence-electron chi connectivity index (χ2n) is 5.96. The van der Waals surface area contributed by atoms with Gasteiger partial charge in [-0.05, 0) is 19.3 Å². The number of rotatable bonds is 3. The largest absolute Gasteiger partial charge is 0.391 e. The van der Waals surface area contributed by atoms with Crippen molar-refractivity contribution >= 4 is 21.8 Å². The summed E-state index contributed by atoms with van der Waals surface area (Å²) >= 11 is 3.39. The minimum atomic E-state index is -4.16. The molecule has 21 heavy (non-hydrogen) atoms. The molecule has 2 fully saturated rings. The fraction of sp³-hybridized carbons (Fsp3) is 0.929. The van der Waals surface area contributed by atoms with Crippen molar-refractivity contribution in [3.8, 4) is 0 Å². The molecule has 1 aliphatic carbocycles. The monoisotopic (exact) mass is 370 g/mol. The smallest absolute Gasteiger partial charge is 0.340 e. The number of alkyl halides is 4. The molecule has 0 aromatic heterocycles. The highest BCUT2D eigenvalue weighted by atomic mass is 79.9. The van der Waals surface area contributed by atoms with Crippen LogP contribution in [-0.2, 0) is 4.79 Å². The summed E-state index contributed by atoms with van der Waals surface area (Å²) in [5, 5.41) is 0.900. The van der Waals surface area contributed by atoms with Crippen molar-refractivity contribution in [1.29, 1.82) is 0 Å². The van der Waals surface area contributed by atoms with Crippen LogP contribution in [0.3, 0.4) is 0 Å². The number of halogens is 4. The van der Waals surface area contributed by atoms with E-state index in [1.54, 1.807) is 4.90 Å². The molecule has 1 saturated heterocycles. The summed E-state index contributed by atoms with van der Waals surface area (Å²) < 4.78 is 38.5. The van der Waals surface area contributed by atoms with Gasteiger partial charge in [0.2, 0.25) is 5.91 Å². The lowest BCUT2D eigenvalue weighted by Gasteiger charge is -2.38. The van der Waals surface area contributed by atoms with E-state index in [2.05, 4.69) is 20.8 Å². The highest BCUT2D eigenvalue weighted by molar-refractivity contribution is 9.09. The third-order valence-corrected chi connectivity index (χ3v) is 4.93. The van der Waals surface area contributed by atoms with Gasteiger partial charge in [-0.2, -0.15) is 13.2 Å². The fourth-order valence-electron chi connectivity index (χ4n) is 3.28. The van der Waals surface area contributed by atoms with E-state index in [0.717, 1.165) is 25.0 Å². The van der Waals surface area contributed by atoms with E-state index in [4.69, 9.17) is 0 Å². The van der Waals surface area contributed by atoms with Crippen LogP contribution in [0.25, 0.3) is 0 Å². The average molecular weight is 371 g/mol. The van der Waals surface area contributed by atoms with Crippen LogP contribution in [0.15, 0.2) is 0 Å². The van der Waals surface area contributed by atoms with Gasteiger partial charge in [-0.3, -0.25) is 9.69 Å². The van der Waals surface area contributed by atoms with Gasteiger partial charge in [0.15, 0.2) is 0 Å². The summed E-state index contributed by atoms with van der Waals surface area (Å²) in [6.45, 7) is 3.85. The lowest BCUT2D eigenvalue weighted by Crippen LogP contribution is -2.51. The molecule has 1 saturated carbocycles. The van der Waals surface area contributed by atoms with Crippen molar-refractivity contribution in [1.82, 2.24) is 9.80 Å². The van der Waals surface area contributed by atoms with Crippen molar-refractivity contribution in [2.45, 2.75) is 31.9 Å². The molecule has 7 heteroatoms. The van der Waals surface area contributed by atoms with Gasteiger partial charge >= 0.3 is 6.18 Å². The molecule has 2 atom stereocenters. The Morgan fingerprint density at radius 2 is 1.81 bits per heavy atom. The summed E-state index contributed by atoms with van der Waals surface area (Å²) in [4.78, 5) is 16.4. The summed E-state index contributed by atoms with van der Waals surface area (Å²) in [7, 11) is 0. The number of nitrogens with zero attached hydrogens (tertiary/aromatic N) is 2. The minimum absolute atomic E-state index is 0.0239. The molecule has 3 nitrogen and oxygen atoms in total. The molecular weight excluding hydrogens is 349 g/mol. The lowest BCUT2D eigenvalue weighted by atomic mass is 9.80. The predicted octanol–water partition coefficient (Wildman–Crippen LogP) is 2.89. The first-order chi connectivity index (χ1) is 9.91. The second kappa shape index (κ2) is 7.31. The molecule has 2 aliphatic rings. The first kappa shape index (κ1) is 17.1. The zero-order valence-electron chi connectivity index (χ0n) is 12.0. The second-order valence-corrected chi connectivity index (χ2v) is 6.75. The van der Waals surface area contributed by atoms with Gasteiger partial charge in [-0.1, -0.05) is 22.4 Å². The SMILES string of the molecule is O=C(C1CCCC(C(F)(F)F)C1)N1CCN(CCBr)CC1. The number of carbonyl (C=O) groups excluding carboxylic acids is 1. The van der Waals surface area contributed by atoms with E-state index in [0.29, 0.717) is 25.9 Å². The van der Waals surface area contributed by atoms with Gasteiger partial charge in [-0.25, -0.2) is 0 Å². The Bertz CT molecular complexity index is 357. The Hall–Kier alpha value is -0.300. The van der Waals surface area contributed by atoms with Gasteiger partial charge in [0.05, 0.1) is 5.92 Å². The Labute approximate surface area is 132 Å². The number of amides is 1. The molecule has 1 amide bonds. The van der Waals surface area contributed by atoms with Gasteiger partial charge in [0.1, 0.15) is 0 Å². The molecule has 0 radical (unpaired) electrons. The van der Waals surface area contributed by atoms with Crippen molar-refractivity contribution in [2.75, 3.05) is 38.1 Å². The number of carbonyl (C=O) groups is 1. The van der Waals surface area contributed by atoms with Crippen LogP contribution >= 0.6 is 15.9 Å². The van der Waals surface area contributed by atoms with E-state index in [-0.39, 0.29) is 18.7 Å². The van der Waals surface area contributed by atoms with E-state index < -0.39 is 18.0 Å². The summed E-state index contributed by atoms with van der Waals surface area (Å²) in [6, 6.07) is 0. The van der Waals surface area contributed by atoms with Crippen molar-refractivity contribution in [2.24, 2.45) is 11.8 Å². The lowest BCUT2D eigenvalue weighted by molar-refractivity contribution is -0.187. The maximum absolute atomic E-state index is 12.8. The summed E-state index contributed by atoms with van der Waals surface area (Å²) in [5.41, 5.74) is 0. The molecule has 0 aromatic carbocycles. The standard InChI is InChI=1S/C14H22BrF3N2O/c15-4-5-19-6-8-20(9-7-19)13(21)11-2-1-3-12(10-11)14(16,17)18/h11-12H,1-10H2. The quantitative estimate of drug-likeness (QED) is 0.713.